The van der Waals surface area contributed by atoms with Gasteiger partial charge in [0.05, 0.1) is 19.1 Å². The predicted octanol–water partition coefficient (Wildman–Crippen LogP) is 4.10. The van der Waals surface area contributed by atoms with Gasteiger partial charge < -0.3 is 15.0 Å². The first kappa shape index (κ1) is 31.0. The number of rotatable bonds is 14. The molecule has 0 aliphatic heterocycles. The standard InChI is InChI=1S/C27H37F2N3O5S/c1-6-25(27(34)30-17-19(2)3)31(18-20-9-7-10-22(15-20)37-4)26(33)11-8-14-32(38(5,35)36)21-12-13-23(28)24(29)16-21/h7,9-10,12-13,15-16,19,25H,6,8,11,14,17-18H2,1-5H3,(H,30,34)/t25-/m0/s1. The van der Waals surface area contributed by atoms with Gasteiger partial charge in [-0.15, -0.1) is 0 Å². The zero-order valence-corrected chi connectivity index (χ0v) is 23.4. The summed E-state index contributed by atoms with van der Waals surface area (Å²) in [6.07, 6.45) is 1.37. The van der Waals surface area contributed by atoms with Crippen molar-refractivity contribution in [3.8, 4) is 5.75 Å². The van der Waals surface area contributed by atoms with Crippen molar-refractivity contribution in [1.29, 1.82) is 0 Å². The van der Waals surface area contributed by atoms with Crippen LogP contribution in [0.25, 0.3) is 0 Å². The normalized spacial score (nSPS) is 12.2. The maximum Gasteiger partial charge on any atom is 0.242 e. The van der Waals surface area contributed by atoms with Crippen LogP contribution >= 0.6 is 0 Å². The number of halogens is 2. The molecule has 0 aliphatic rings. The molecule has 38 heavy (non-hydrogen) atoms. The number of ether oxygens (including phenoxy) is 1. The van der Waals surface area contributed by atoms with Crippen LogP contribution in [-0.4, -0.2) is 57.6 Å². The fourth-order valence-electron chi connectivity index (χ4n) is 3.95. The van der Waals surface area contributed by atoms with E-state index < -0.39 is 27.7 Å². The topological polar surface area (TPSA) is 96.0 Å². The summed E-state index contributed by atoms with van der Waals surface area (Å²) in [5, 5.41) is 2.89. The first-order valence-electron chi connectivity index (χ1n) is 12.5. The maximum atomic E-state index is 13.8. The number of nitrogens with zero attached hydrogens (tertiary/aromatic N) is 2. The molecule has 8 nitrogen and oxygen atoms in total. The Kier molecular flexibility index (Phi) is 11.5. The van der Waals surface area contributed by atoms with Gasteiger partial charge in [0.25, 0.3) is 0 Å². The molecule has 0 bridgehead atoms. The van der Waals surface area contributed by atoms with E-state index in [-0.39, 0.29) is 49.4 Å². The molecule has 2 rings (SSSR count). The zero-order chi connectivity index (χ0) is 28.5. The highest BCUT2D eigenvalue weighted by molar-refractivity contribution is 7.92. The molecule has 0 heterocycles. The van der Waals surface area contributed by atoms with E-state index in [1.807, 2.05) is 26.8 Å². The summed E-state index contributed by atoms with van der Waals surface area (Å²) in [6, 6.07) is 9.28. The zero-order valence-electron chi connectivity index (χ0n) is 22.5. The van der Waals surface area contributed by atoms with Crippen molar-refractivity contribution in [1.82, 2.24) is 10.2 Å². The van der Waals surface area contributed by atoms with E-state index >= 15 is 0 Å². The average molecular weight is 554 g/mol. The lowest BCUT2D eigenvalue weighted by atomic mass is 10.1. The van der Waals surface area contributed by atoms with Crippen molar-refractivity contribution < 1.29 is 31.5 Å². The molecule has 2 aromatic rings. The second-order valence-corrected chi connectivity index (χ2v) is 11.4. The molecular weight excluding hydrogens is 516 g/mol. The average Bonchev–Trinajstić information content (AvgIpc) is 2.86. The van der Waals surface area contributed by atoms with Crippen molar-refractivity contribution in [2.45, 2.75) is 52.6 Å². The molecule has 0 radical (unpaired) electrons. The molecule has 0 aliphatic carbocycles. The number of nitrogens with one attached hydrogen (secondary N) is 1. The molecule has 0 unspecified atom stereocenters. The molecule has 0 fully saturated rings. The van der Waals surface area contributed by atoms with Crippen LogP contribution in [0, 0.1) is 17.6 Å². The smallest absolute Gasteiger partial charge is 0.242 e. The fraction of sp³-hybridized carbons (Fsp3) is 0.481. The fourth-order valence-corrected chi connectivity index (χ4v) is 4.91. The number of hydrogen-bond acceptors (Lipinski definition) is 5. The molecule has 0 aromatic heterocycles. The quantitative estimate of drug-likeness (QED) is 0.380. The molecule has 2 amide bonds. The lowest BCUT2D eigenvalue weighted by Gasteiger charge is -2.31. The molecule has 0 saturated heterocycles. The monoisotopic (exact) mass is 553 g/mol. The predicted molar refractivity (Wildman–Crippen MR) is 143 cm³/mol. The Morgan fingerprint density at radius 1 is 1.08 bits per heavy atom. The Labute approximate surface area is 224 Å². The number of benzene rings is 2. The van der Waals surface area contributed by atoms with Crippen LogP contribution in [0.15, 0.2) is 42.5 Å². The lowest BCUT2D eigenvalue weighted by molar-refractivity contribution is -0.141. The van der Waals surface area contributed by atoms with Gasteiger partial charge in [-0.1, -0.05) is 32.9 Å². The van der Waals surface area contributed by atoms with E-state index in [9.17, 15) is 26.8 Å². The lowest BCUT2D eigenvalue weighted by Crippen LogP contribution is -2.49. The molecule has 0 saturated carbocycles. The highest BCUT2D eigenvalue weighted by Gasteiger charge is 2.29. The SMILES string of the molecule is CC[C@@H](C(=O)NCC(C)C)N(Cc1cccc(OC)c1)C(=O)CCCN(c1ccc(F)c(F)c1)S(C)(=O)=O. The molecule has 0 spiro atoms. The van der Waals surface area contributed by atoms with E-state index in [1.165, 1.54) is 18.1 Å². The number of methoxy groups -OCH3 is 1. The van der Waals surface area contributed by atoms with Crippen LogP contribution < -0.4 is 14.4 Å². The first-order valence-corrected chi connectivity index (χ1v) is 14.3. The second-order valence-electron chi connectivity index (χ2n) is 9.47. The molecule has 2 aromatic carbocycles. The molecule has 11 heteroatoms. The third-order valence-corrected chi connectivity index (χ3v) is 7.09. The largest absolute Gasteiger partial charge is 0.497 e. The van der Waals surface area contributed by atoms with Gasteiger partial charge in [0.2, 0.25) is 21.8 Å². The van der Waals surface area contributed by atoms with Crippen LogP contribution in [0.2, 0.25) is 0 Å². The van der Waals surface area contributed by atoms with Crippen LogP contribution in [-0.2, 0) is 26.2 Å². The number of hydrogen-bond donors (Lipinski definition) is 1. The molecule has 210 valence electrons. The number of amides is 2. The highest BCUT2D eigenvalue weighted by Crippen LogP contribution is 2.22. The Hall–Kier alpha value is -3.21. The Bertz CT molecular complexity index is 1210. The molecule has 1 atom stereocenters. The van der Waals surface area contributed by atoms with E-state index in [1.54, 1.807) is 18.2 Å². The van der Waals surface area contributed by atoms with Crippen LogP contribution in [0.1, 0.15) is 45.6 Å². The van der Waals surface area contributed by atoms with Gasteiger partial charge in [0.1, 0.15) is 11.8 Å². The minimum Gasteiger partial charge on any atom is -0.497 e. The minimum atomic E-state index is -3.83. The van der Waals surface area contributed by atoms with E-state index in [0.29, 0.717) is 18.7 Å². The number of anilines is 1. The van der Waals surface area contributed by atoms with Crippen LogP contribution in [0.4, 0.5) is 14.5 Å². The van der Waals surface area contributed by atoms with E-state index in [4.69, 9.17) is 4.74 Å². The van der Waals surface area contributed by atoms with Gasteiger partial charge in [-0.2, -0.15) is 0 Å². The van der Waals surface area contributed by atoms with Crippen molar-refractivity contribution in [3.05, 3.63) is 59.7 Å². The first-order chi connectivity index (χ1) is 17.9. The van der Waals surface area contributed by atoms with Crippen molar-refractivity contribution in [2.75, 3.05) is 30.8 Å². The third-order valence-electron chi connectivity index (χ3n) is 5.90. The summed E-state index contributed by atoms with van der Waals surface area (Å²) in [6.45, 7) is 6.26. The highest BCUT2D eigenvalue weighted by atomic mass is 32.2. The summed E-state index contributed by atoms with van der Waals surface area (Å²) >= 11 is 0. The summed E-state index contributed by atoms with van der Waals surface area (Å²) < 4.78 is 58.1. The number of carbonyl (C=O) groups is 2. The number of carbonyl (C=O) groups excluding carboxylic acids is 2. The number of sulfonamides is 1. The van der Waals surface area contributed by atoms with E-state index in [0.717, 1.165) is 28.3 Å². The summed E-state index contributed by atoms with van der Waals surface area (Å²) in [4.78, 5) is 28.0. The summed E-state index contributed by atoms with van der Waals surface area (Å²) in [7, 11) is -2.29. The van der Waals surface area contributed by atoms with Gasteiger partial charge in [-0.05, 0) is 48.6 Å². The molecular formula is C27H37F2N3O5S. The summed E-state index contributed by atoms with van der Waals surface area (Å²) in [5.74, 6) is -2.02. The van der Waals surface area contributed by atoms with Gasteiger partial charge in [0, 0.05) is 32.1 Å². The van der Waals surface area contributed by atoms with Crippen molar-refractivity contribution >= 4 is 27.5 Å². The Balaban J connectivity index is 2.25. The van der Waals surface area contributed by atoms with Crippen molar-refractivity contribution in [3.63, 3.8) is 0 Å². The van der Waals surface area contributed by atoms with Gasteiger partial charge in [-0.3, -0.25) is 13.9 Å². The van der Waals surface area contributed by atoms with Gasteiger partial charge in [-0.25, -0.2) is 17.2 Å². The maximum absolute atomic E-state index is 13.8. The van der Waals surface area contributed by atoms with Gasteiger partial charge in [0.15, 0.2) is 11.6 Å². The minimum absolute atomic E-state index is 0.0356. The van der Waals surface area contributed by atoms with Gasteiger partial charge >= 0.3 is 0 Å². The van der Waals surface area contributed by atoms with Crippen molar-refractivity contribution in [2.24, 2.45) is 5.92 Å². The Morgan fingerprint density at radius 3 is 2.37 bits per heavy atom. The van der Waals surface area contributed by atoms with E-state index in [2.05, 4.69) is 5.32 Å². The Morgan fingerprint density at radius 2 is 1.79 bits per heavy atom. The third kappa shape index (κ3) is 8.97. The summed E-state index contributed by atoms with van der Waals surface area (Å²) in [5.41, 5.74) is 0.735. The van der Waals surface area contributed by atoms with Crippen LogP contribution in [0.3, 0.4) is 0 Å². The molecule has 1 N–H and O–H groups in total. The van der Waals surface area contributed by atoms with Crippen LogP contribution in [0.5, 0.6) is 5.75 Å². The second kappa shape index (κ2) is 14.1.